The van der Waals surface area contributed by atoms with E-state index in [0.717, 1.165) is 18.4 Å². The van der Waals surface area contributed by atoms with Crippen LogP contribution in [0.25, 0.3) is 0 Å². The molecule has 1 saturated carbocycles. The molecule has 0 radical (unpaired) electrons. The molecule has 0 aliphatic heterocycles. The van der Waals surface area contributed by atoms with Crippen LogP contribution in [0.1, 0.15) is 41.6 Å². The van der Waals surface area contributed by atoms with E-state index in [1.54, 1.807) is 42.5 Å². The van der Waals surface area contributed by atoms with Crippen molar-refractivity contribution in [1.29, 1.82) is 0 Å². The predicted octanol–water partition coefficient (Wildman–Crippen LogP) is 2.74. The van der Waals surface area contributed by atoms with Gasteiger partial charge >= 0.3 is 0 Å². The number of carbonyl (C=O) groups is 3. The number of anilines is 2. The van der Waals surface area contributed by atoms with Gasteiger partial charge in [-0.1, -0.05) is 31.0 Å². The first-order valence-electron chi connectivity index (χ1n) is 9.44. The highest BCUT2D eigenvalue weighted by Gasteiger charge is 2.31. The van der Waals surface area contributed by atoms with E-state index < -0.39 is 17.8 Å². The Labute approximate surface area is 164 Å². The van der Waals surface area contributed by atoms with Crippen LogP contribution >= 0.6 is 0 Å². The number of hydrogen-bond donors (Lipinski definition) is 2. The number of carbonyl (C=O) groups excluding carboxylic acids is 3. The maximum atomic E-state index is 12.6. The van der Waals surface area contributed by atoms with Crippen molar-refractivity contribution in [2.75, 3.05) is 10.6 Å². The van der Waals surface area contributed by atoms with Crippen molar-refractivity contribution in [1.82, 2.24) is 0 Å². The average molecular weight is 379 g/mol. The number of hydrogen-bond acceptors (Lipinski definition) is 4. The van der Waals surface area contributed by atoms with Crippen molar-refractivity contribution in [2.24, 2.45) is 11.8 Å². The molecule has 1 aliphatic rings. The number of carboxylic acid groups (broad SMARTS) is 1. The van der Waals surface area contributed by atoms with E-state index >= 15 is 0 Å². The highest BCUT2D eigenvalue weighted by atomic mass is 16.4. The number of nitrogens with one attached hydrogen (secondary N) is 2. The van der Waals surface area contributed by atoms with E-state index in [9.17, 15) is 19.5 Å². The van der Waals surface area contributed by atoms with Crippen LogP contribution in [0.5, 0.6) is 0 Å². The van der Waals surface area contributed by atoms with Gasteiger partial charge in [-0.25, -0.2) is 0 Å². The minimum Gasteiger partial charge on any atom is -0.550 e. The second-order valence-corrected chi connectivity index (χ2v) is 7.16. The zero-order valence-corrected chi connectivity index (χ0v) is 15.7. The minimum absolute atomic E-state index is 0.209. The van der Waals surface area contributed by atoms with Crippen molar-refractivity contribution >= 4 is 29.2 Å². The highest BCUT2D eigenvalue weighted by molar-refractivity contribution is 6.05. The maximum Gasteiger partial charge on any atom is 0.255 e. The molecule has 0 bridgehead atoms. The number of aliphatic carboxylic acids is 1. The minimum atomic E-state index is -1.16. The van der Waals surface area contributed by atoms with Crippen LogP contribution < -0.4 is 15.7 Å². The van der Waals surface area contributed by atoms with Crippen LogP contribution in [0, 0.1) is 18.8 Å². The molecule has 146 valence electrons. The Balaban J connectivity index is 1.67. The summed E-state index contributed by atoms with van der Waals surface area (Å²) in [5, 5.41) is 17.0. The quantitative estimate of drug-likeness (QED) is 0.834. The fourth-order valence-electron chi connectivity index (χ4n) is 3.63. The van der Waals surface area contributed by atoms with Crippen LogP contribution in [0.15, 0.2) is 48.5 Å². The summed E-state index contributed by atoms with van der Waals surface area (Å²) in [5.41, 5.74) is 2.58. The summed E-state index contributed by atoms with van der Waals surface area (Å²) in [7, 11) is 0. The third-order valence-corrected chi connectivity index (χ3v) is 5.18. The van der Waals surface area contributed by atoms with E-state index in [2.05, 4.69) is 10.6 Å². The Morgan fingerprint density at radius 3 is 2.25 bits per heavy atom. The zero-order valence-electron chi connectivity index (χ0n) is 15.7. The van der Waals surface area contributed by atoms with Gasteiger partial charge in [0, 0.05) is 34.7 Å². The van der Waals surface area contributed by atoms with E-state index in [0.29, 0.717) is 29.8 Å². The monoisotopic (exact) mass is 379 g/mol. The molecule has 0 spiro atoms. The van der Waals surface area contributed by atoms with Gasteiger partial charge in [-0.05, 0) is 55.7 Å². The molecule has 6 nitrogen and oxygen atoms in total. The summed E-state index contributed by atoms with van der Waals surface area (Å²) in [6.45, 7) is 1.83. The van der Waals surface area contributed by atoms with Crippen molar-refractivity contribution in [3.05, 3.63) is 59.7 Å². The van der Waals surface area contributed by atoms with E-state index in [-0.39, 0.29) is 11.8 Å². The maximum absolute atomic E-state index is 12.6. The molecule has 2 amide bonds. The topological polar surface area (TPSA) is 98.3 Å². The second-order valence-electron chi connectivity index (χ2n) is 7.16. The molecule has 0 heterocycles. The van der Waals surface area contributed by atoms with E-state index in [1.807, 2.05) is 13.0 Å². The molecule has 2 atom stereocenters. The summed E-state index contributed by atoms with van der Waals surface area (Å²) in [6.07, 6.45) is 2.67. The summed E-state index contributed by atoms with van der Waals surface area (Å²) in [4.78, 5) is 36.2. The first kappa shape index (κ1) is 19.6. The summed E-state index contributed by atoms with van der Waals surface area (Å²) in [6, 6.07) is 14.1. The van der Waals surface area contributed by atoms with Crippen LogP contribution in [0.3, 0.4) is 0 Å². The van der Waals surface area contributed by atoms with Crippen LogP contribution in [0.2, 0.25) is 0 Å². The Kier molecular flexibility index (Phi) is 6.09. The number of amides is 2. The molecule has 0 aromatic heterocycles. The molecule has 3 rings (SSSR count). The first-order chi connectivity index (χ1) is 13.5. The number of carboxylic acids is 1. The molecule has 0 saturated heterocycles. The molecule has 6 heteroatoms. The first-order valence-corrected chi connectivity index (χ1v) is 9.44. The lowest BCUT2D eigenvalue weighted by atomic mass is 9.78. The molecule has 2 aromatic rings. The fourth-order valence-corrected chi connectivity index (χ4v) is 3.63. The smallest absolute Gasteiger partial charge is 0.255 e. The Morgan fingerprint density at radius 1 is 0.929 bits per heavy atom. The SMILES string of the molecule is Cc1cc(NC(=O)[C@H]2CCCC[C@H]2C(=O)[O-])ccc1NC(=O)c1ccccc1. The van der Waals surface area contributed by atoms with Crippen molar-refractivity contribution in [2.45, 2.75) is 32.6 Å². The van der Waals surface area contributed by atoms with Crippen LogP contribution in [-0.2, 0) is 9.59 Å². The zero-order chi connectivity index (χ0) is 20.1. The van der Waals surface area contributed by atoms with Gasteiger partial charge in [-0.3, -0.25) is 9.59 Å². The lowest BCUT2D eigenvalue weighted by Gasteiger charge is -2.31. The Hall–Kier alpha value is -3.15. The Bertz CT molecular complexity index is 879. The molecule has 1 aliphatic carbocycles. The summed E-state index contributed by atoms with van der Waals surface area (Å²) in [5.74, 6) is -2.97. The summed E-state index contributed by atoms with van der Waals surface area (Å²) >= 11 is 0. The van der Waals surface area contributed by atoms with Gasteiger partial charge in [-0.15, -0.1) is 0 Å². The van der Waals surface area contributed by atoms with Gasteiger partial charge in [0.15, 0.2) is 0 Å². The number of rotatable bonds is 5. The molecule has 2 aromatic carbocycles. The molecule has 2 N–H and O–H groups in total. The van der Waals surface area contributed by atoms with E-state index in [4.69, 9.17) is 0 Å². The van der Waals surface area contributed by atoms with Gasteiger partial charge in [0.05, 0.1) is 0 Å². The largest absolute Gasteiger partial charge is 0.550 e. The lowest BCUT2D eigenvalue weighted by Crippen LogP contribution is -2.42. The highest BCUT2D eigenvalue weighted by Crippen LogP contribution is 2.31. The van der Waals surface area contributed by atoms with Gasteiger partial charge in [0.1, 0.15) is 0 Å². The number of aryl methyl sites for hydroxylation is 1. The van der Waals surface area contributed by atoms with Crippen LogP contribution in [-0.4, -0.2) is 17.8 Å². The Morgan fingerprint density at radius 2 is 1.61 bits per heavy atom. The normalized spacial score (nSPS) is 18.9. The molecule has 1 fully saturated rings. The molecule has 28 heavy (non-hydrogen) atoms. The van der Waals surface area contributed by atoms with Gasteiger partial charge in [0.25, 0.3) is 5.91 Å². The van der Waals surface area contributed by atoms with Crippen molar-refractivity contribution in [3.63, 3.8) is 0 Å². The fraction of sp³-hybridized carbons (Fsp3) is 0.318. The van der Waals surface area contributed by atoms with Gasteiger partial charge < -0.3 is 20.5 Å². The third-order valence-electron chi connectivity index (χ3n) is 5.18. The van der Waals surface area contributed by atoms with Gasteiger partial charge in [-0.2, -0.15) is 0 Å². The van der Waals surface area contributed by atoms with Crippen molar-refractivity contribution < 1.29 is 19.5 Å². The standard InChI is InChI=1S/C22H24N2O4/c1-14-13-16(23-21(26)17-9-5-6-10-18(17)22(27)28)11-12-19(14)24-20(25)15-7-3-2-4-8-15/h2-4,7-8,11-13,17-18H,5-6,9-10H2,1H3,(H,23,26)(H,24,25)(H,27,28)/p-1/t17-,18+/m0/s1. The van der Waals surface area contributed by atoms with Gasteiger partial charge in [0.2, 0.25) is 5.91 Å². The van der Waals surface area contributed by atoms with Crippen molar-refractivity contribution in [3.8, 4) is 0 Å². The lowest BCUT2D eigenvalue weighted by molar-refractivity contribution is -0.313. The van der Waals surface area contributed by atoms with Crippen LogP contribution in [0.4, 0.5) is 11.4 Å². The average Bonchev–Trinajstić information content (AvgIpc) is 2.70. The van der Waals surface area contributed by atoms with E-state index in [1.165, 1.54) is 0 Å². The molecule has 0 unspecified atom stereocenters. The third kappa shape index (κ3) is 4.57. The second kappa shape index (κ2) is 8.69. The molecular formula is C22H23N2O4-. The molecular weight excluding hydrogens is 356 g/mol. The number of benzene rings is 2. The predicted molar refractivity (Wildman–Crippen MR) is 105 cm³/mol. The summed E-state index contributed by atoms with van der Waals surface area (Å²) < 4.78 is 0.